The molecule has 1 rings (SSSR count). The average molecular weight is 253 g/mol. The molecule has 1 aromatic carbocycles. The van der Waals surface area contributed by atoms with Crippen molar-refractivity contribution < 1.29 is 9.90 Å². The van der Waals surface area contributed by atoms with E-state index in [2.05, 4.69) is 5.32 Å². The molecule has 90 valence electrons. The normalized spacial score (nSPS) is 10.9. The van der Waals surface area contributed by atoms with E-state index in [0.29, 0.717) is 17.1 Å². The van der Waals surface area contributed by atoms with E-state index in [0.717, 1.165) is 5.56 Å². The van der Waals surface area contributed by atoms with Crippen LogP contribution in [0.3, 0.4) is 0 Å². The zero-order chi connectivity index (χ0) is 13.1. The lowest BCUT2D eigenvalue weighted by Gasteiger charge is -2.21. The van der Waals surface area contributed by atoms with Crippen LogP contribution in [0.25, 0.3) is 0 Å². The second-order valence-corrected chi connectivity index (χ2v) is 4.61. The van der Waals surface area contributed by atoms with E-state index in [1.165, 1.54) is 0 Å². The van der Waals surface area contributed by atoms with E-state index in [4.69, 9.17) is 22.0 Å². The van der Waals surface area contributed by atoms with Gasteiger partial charge in [-0.25, -0.2) is 0 Å². The van der Waals surface area contributed by atoms with E-state index >= 15 is 0 Å². The lowest BCUT2D eigenvalue weighted by Crippen LogP contribution is -2.46. The largest absolute Gasteiger partial charge is 0.480 e. The van der Waals surface area contributed by atoms with E-state index in [-0.39, 0.29) is 0 Å². The fraction of sp³-hybridized carbons (Fsp3) is 0.333. The second-order valence-electron chi connectivity index (χ2n) is 4.20. The third-order valence-electron chi connectivity index (χ3n) is 2.44. The molecule has 5 heteroatoms. The predicted octanol–water partition coefficient (Wildman–Crippen LogP) is 2.16. The minimum absolute atomic E-state index is 0.337. The molecule has 0 fully saturated rings. The van der Waals surface area contributed by atoms with Crippen molar-refractivity contribution in [3.8, 4) is 6.07 Å². The van der Waals surface area contributed by atoms with Gasteiger partial charge in [0.1, 0.15) is 5.54 Å². The SMILES string of the molecule is CC(C)(NCc1ccc(C#N)cc1Cl)C(=O)O. The highest BCUT2D eigenvalue weighted by molar-refractivity contribution is 6.31. The molecule has 0 amide bonds. The Bertz CT molecular complexity index is 478. The van der Waals surface area contributed by atoms with Crippen LogP contribution in [0.2, 0.25) is 5.02 Å². The highest BCUT2D eigenvalue weighted by atomic mass is 35.5. The van der Waals surface area contributed by atoms with Gasteiger partial charge < -0.3 is 5.11 Å². The Morgan fingerprint density at radius 2 is 2.24 bits per heavy atom. The monoisotopic (exact) mass is 252 g/mol. The lowest BCUT2D eigenvalue weighted by atomic mass is 10.1. The summed E-state index contributed by atoms with van der Waals surface area (Å²) in [5.41, 5.74) is 0.230. The maximum absolute atomic E-state index is 10.9. The average Bonchev–Trinajstić information content (AvgIpc) is 2.27. The summed E-state index contributed by atoms with van der Waals surface area (Å²) in [5, 5.41) is 21.0. The Balaban J connectivity index is 2.78. The molecule has 17 heavy (non-hydrogen) atoms. The van der Waals surface area contributed by atoms with Crippen LogP contribution in [0.4, 0.5) is 0 Å². The molecule has 0 aliphatic rings. The van der Waals surface area contributed by atoms with Crippen molar-refractivity contribution in [1.82, 2.24) is 5.32 Å². The number of nitrogens with zero attached hydrogens (tertiary/aromatic N) is 1. The first-order chi connectivity index (χ1) is 7.86. The first kappa shape index (κ1) is 13.5. The standard InChI is InChI=1S/C12H13ClN2O2/c1-12(2,11(16)17)15-7-9-4-3-8(6-14)5-10(9)13/h3-5,15H,7H2,1-2H3,(H,16,17). The van der Waals surface area contributed by atoms with Gasteiger partial charge in [-0.1, -0.05) is 17.7 Å². The van der Waals surface area contributed by atoms with Crippen LogP contribution in [-0.2, 0) is 11.3 Å². The molecule has 2 N–H and O–H groups in total. The van der Waals surface area contributed by atoms with Crippen molar-refractivity contribution in [1.29, 1.82) is 5.26 Å². The number of carboxylic acid groups (broad SMARTS) is 1. The van der Waals surface area contributed by atoms with Crippen molar-refractivity contribution in [3.05, 3.63) is 34.3 Å². The van der Waals surface area contributed by atoms with Gasteiger partial charge in [0, 0.05) is 11.6 Å². The van der Waals surface area contributed by atoms with Crippen LogP contribution in [0, 0.1) is 11.3 Å². The molecule has 0 unspecified atom stereocenters. The number of halogens is 1. The molecule has 1 aromatic rings. The number of aliphatic carboxylic acids is 1. The second kappa shape index (κ2) is 5.17. The summed E-state index contributed by atoms with van der Waals surface area (Å²) in [6.07, 6.45) is 0. The molecular formula is C12H13ClN2O2. The number of hydrogen-bond donors (Lipinski definition) is 2. The summed E-state index contributed by atoms with van der Waals surface area (Å²) < 4.78 is 0. The minimum Gasteiger partial charge on any atom is -0.480 e. The van der Waals surface area contributed by atoms with Gasteiger partial charge in [-0.05, 0) is 31.5 Å². The van der Waals surface area contributed by atoms with Crippen molar-refractivity contribution in [2.45, 2.75) is 25.9 Å². The topological polar surface area (TPSA) is 73.1 Å². The highest BCUT2D eigenvalue weighted by Crippen LogP contribution is 2.18. The molecule has 0 aliphatic carbocycles. The predicted molar refractivity (Wildman–Crippen MR) is 64.7 cm³/mol. The molecular weight excluding hydrogens is 240 g/mol. The third kappa shape index (κ3) is 3.45. The first-order valence-corrected chi connectivity index (χ1v) is 5.41. The van der Waals surface area contributed by atoms with E-state index in [1.54, 1.807) is 32.0 Å². The Labute approximate surface area is 105 Å². The number of carbonyl (C=O) groups is 1. The molecule has 0 aromatic heterocycles. The number of rotatable bonds is 4. The Morgan fingerprint density at radius 3 is 2.71 bits per heavy atom. The van der Waals surface area contributed by atoms with Crippen LogP contribution < -0.4 is 5.32 Å². The van der Waals surface area contributed by atoms with Gasteiger partial charge in [-0.15, -0.1) is 0 Å². The molecule has 0 heterocycles. The molecule has 0 spiro atoms. The number of nitriles is 1. The summed E-state index contributed by atoms with van der Waals surface area (Å²) in [7, 11) is 0. The summed E-state index contributed by atoms with van der Waals surface area (Å²) in [6, 6.07) is 6.91. The molecule has 0 radical (unpaired) electrons. The summed E-state index contributed by atoms with van der Waals surface area (Å²) in [5.74, 6) is -0.928. The van der Waals surface area contributed by atoms with Crippen LogP contribution in [0.5, 0.6) is 0 Å². The first-order valence-electron chi connectivity index (χ1n) is 5.04. The zero-order valence-electron chi connectivity index (χ0n) is 9.62. The van der Waals surface area contributed by atoms with Gasteiger partial charge in [-0.2, -0.15) is 5.26 Å². The van der Waals surface area contributed by atoms with E-state index < -0.39 is 11.5 Å². The minimum atomic E-state index is -1.02. The fourth-order valence-corrected chi connectivity index (χ4v) is 1.40. The Morgan fingerprint density at radius 1 is 1.59 bits per heavy atom. The smallest absolute Gasteiger partial charge is 0.323 e. The van der Waals surface area contributed by atoms with E-state index in [9.17, 15) is 4.79 Å². The van der Waals surface area contributed by atoms with Crippen LogP contribution >= 0.6 is 11.6 Å². The molecule has 0 aliphatic heterocycles. The Kier molecular flexibility index (Phi) is 4.11. The molecule has 0 atom stereocenters. The van der Waals surface area contributed by atoms with Crippen molar-refractivity contribution in [2.75, 3.05) is 0 Å². The summed E-state index contributed by atoms with van der Waals surface area (Å²) in [4.78, 5) is 10.9. The molecule has 4 nitrogen and oxygen atoms in total. The fourth-order valence-electron chi connectivity index (χ4n) is 1.15. The Hall–Kier alpha value is -1.57. The van der Waals surface area contributed by atoms with Gasteiger partial charge >= 0.3 is 5.97 Å². The number of nitrogens with one attached hydrogen (secondary N) is 1. The van der Waals surface area contributed by atoms with Crippen LogP contribution in [0.15, 0.2) is 18.2 Å². The number of carboxylic acids is 1. The number of benzene rings is 1. The maximum Gasteiger partial charge on any atom is 0.323 e. The van der Waals surface area contributed by atoms with Crippen molar-refractivity contribution >= 4 is 17.6 Å². The molecule has 0 saturated heterocycles. The number of hydrogen-bond acceptors (Lipinski definition) is 3. The zero-order valence-corrected chi connectivity index (χ0v) is 10.4. The lowest BCUT2D eigenvalue weighted by molar-refractivity contribution is -0.143. The van der Waals surface area contributed by atoms with Gasteiger partial charge in [0.05, 0.1) is 11.6 Å². The maximum atomic E-state index is 10.9. The molecule has 0 saturated carbocycles. The van der Waals surface area contributed by atoms with Crippen molar-refractivity contribution in [2.24, 2.45) is 0 Å². The van der Waals surface area contributed by atoms with Crippen LogP contribution in [-0.4, -0.2) is 16.6 Å². The van der Waals surface area contributed by atoms with Gasteiger partial charge in [0.15, 0.2) is 0 Å². The molecule has 0 bridgehead atoms. The summed E-state index contributed by atoms with van der Waals surface area (Å²) >= 11 is 5.98. The van der Waals surface area contributed by atoms with E-state index in [1.807, 2.05) is 6.07 Å². The van der Waals surface area contributed by atoms with Crippen molar-refractivity contribution in [3.63, 3.8) is 0 Å². The summed E-state index contributed by atoms with van der Waals surface area (Å²) in [6.45, 7) is 3.49. The quantitative estimate of drug-likeness (QED) is 0.861. The third-order valence-corrected chi connectivity index (χ3v) is 2.79. The van der Waals surface area contributed by atoms with Crippen LogP contribution in [0.1, 0.15) is 25.0 Å². The van der Waals surface area contributed by atoms with Gasteiger partial charge in [0.2, 0.25) is 0 Å². The van der Waals surface area contributed by atoms with Gasteiger partial charge in [-0.3, -0.25) is 10.1 Å². The van der Waals surface area contributed by atoms with Gasteiger partial charge in [0.25, 0.3) is 0 Å². The highest BCUT2D eigenvalue weighted by Gasteiger charge is 2.26.